The van der Waals surface area contributed by atoms with Gasteiger partial charge in [-0.25, -0.2) is 9.48 Å². The molecule has 1 aromatic heterocycles. The first kappa shape index (κ1) is 20.1. The number of aromatic nitrogens is 2. The van der Waals surface area contributed by atoms with E-state index in [1.165, 1.54) is 23.0 Å². The third-order valence-corrected chi connectivity index (χ3v) is 7.63. The van der Waals surface area contributed by atoms with Gasteiger partial charge in [0.1, 0.15) is 5.02 Å². The number of nitrogens with zero attached hydrogens (tertiary/aromatic N) is 2. The summed E-state index contributed by atoms with van der Waals surface area (Å²) < 4.78 is 1.33. The molecule has 2 aromatic rings. The van der Waals surface area contributed by atoms with Crippen molar-refractivity contribution in [3.05, 3.63) is 51.4 Å². The summed E-state index contributed by atoms with van der Waals surface area (Å²) in [6.07, 6.45) is 5.58. The Morgan fingerprint density at radius 2 is 1.87 bits per heavy atom. The van der Waals surface area contributed by atoms with Crippen molar-refractivity contribution in [3.8, 4) is 0 Å². The first-order valence-corrected chi connectivity index (χ1v) is 10.8. The molecular formula is C22H22ClN3O5. The van der Waals surface area contributed by atoms with Gasteiger partial charge in [-0.1, -0.05) is 17.7 Å². The lowest BCUT2D eigenvalue weighted by atomic mass is 9.48. The SMILES string of the molecule is O=C(O)c1cccc(Nc2cnn(C34CC5CC(CC(C5)C3C(=O)O)C4)c(=O)c2Cl)c1. The van der Waals surface area contributed by atoms with Crippen molar-refractivity contribution < 1.29 is 19.8 Å². The van der Waals surface area contributed by atoms with Gasteiger partial charge in [0.05, 0.1) is 28.9 Å². The molecule has 3 N–H and O–H groups in total. The molecule has 0 spiro atoms. The van der Waals surface area contributed by atoms with E-state index in [9.17, 15) is 19.5 Å². The van der Waals surface area contributed by atoms with Gasteiger partial charge < -0.3 is 15.5 Å². The standard InChI is InChI=1S/C22H22ClN3O5/c23-18-16(25-15-3-1-2-13(7-15)20(28)29)10-24-26(19(18)27)22-8-11-4-12(9-22)6-14(5-11)17(22)21(30)31/h1-3,7,10-12,14,17,25H,4-6,8-9H2,(H,28,29)(H,30,31). The van der Waals surface area contributed by atoms with Crippen LogP contribution in [0.1, 0.15) is 42.5 Å². The van der Waals surface area contributed by atoms with Crippen molar-refractivity contribution in [3.63, 3.8) is 0 Å². The Kier molecular flexibility index (Phi) is 4.58. The summed E-state index contributed by atoms with van der Waals surface area (Å²) in [5.74, 6) is -1.69. The highest BCUT2D eigenvalue weighted by Gasteiger charge is 2.61. The normalized spacial score (nSPS) is 30.9. The Bertz CT molecular complexity index is 1130. The van der Waals surface area contributed by atoms with Crippen molar-refractivity contribution >= 4 is 34.9 Å². The van der Waals surface area contributed by atoms with Gasteiger partial charge in [0, 0.05) is 5.69 Å². The molecular weight excluding hydrogens is 422 g/mol. The van der Waals surface area contributed by atoms with Crippen LogP contribution in [0, 0.1) is 23.7 Å². The van der Waals surface area contributed by atoms with Crippen LogP contribution in [0.2, 0.25) is 5.02 Å². The van der Waals surface area contributed by atoms with Crippen molar-refractivity contribution in [2.45, 2.75) is 37.6 Å². The van der Waals surface area contributed by atoms with Crippen LogP contribution in [0.3, 0.4) is 0 Å². The molecule has 4 aliphatic carbocycles. The summed E-state index contributed by atoms with van der Waals surface area (Å²) >= 11 is 6.42. The van der Waals surface area contributed by atoms with Gasteiger partial charge in [0.15, 0.2) is 0 Å². The van der Waals surface area contributed by atoms with E-state index < -0.39 is 29.0 Å². The van der Waals surface area contributed by atoms with E-state index in [4.69, 9.17) is 16.7 Å². The zero-order valence-corrected chi connectivity index (χ0v) is 17.4. The number of hydrogen-bond donors (Lipinski definition) is 3. The van der Waals surface area contributed by atoms with E-state index in [-0.39, 0.29) is 22.2 Å². The second kappa shape index (κ2) is 7.09. The third kappa shape index (κ3) is 3.12. The van der Waals surface area contributed by atoms with Crippen LogP contribution in [0.15, 0.2) is 35.3 Å². The number of carboxylic acid groups (broad SMARTS) is 2. The average molecular weight is 444 g/mol. The minimum Gasteiger partial charge on any atom is -0.481 e. The van der Waals surface area contributed by atoms with E-state index in [1.54, 1.807) is 12.1 Å². The largest absolute Gasteiger partial charge is 0.481 e. The van der Waals surface area contributed by atoms with Gasteiger partial charge in [0.2, 0.25) is 0 Å². The van der Waals surface area contributed by atoms with Crippen LogP contribution in [-0.4, -0.2) is 31.9 Å². The number of aromatic carboxylic acids is 1. The van der Waals surface area contributed by atoms with Crippen LogP contribution < -0.4 is 10.9 Å². The number of rotatable bonds is 5. The van der Waals surface area contributed by atoms with Crippen molar-refractivity contribution in [2.75, 3.05) is 5.32 Å². The molecule has 4 saturated carbocycles. The fourth-order valence-electron chi connectivity index (χ4n) is 6.46. The first-order valence-electron chi connectivity index (χ1n) is 10.4. The lowest BCUT2D eigenvalue weighted by molar-refractivity contribution is -0.168. The quantitative estimate of drug-likeness (QED) is 0.645. The van der Waals surface area contributed by atoms with E-state index in [0.29, 0.717) is 30.4 Å². The molecule has 4 bridgehead atoms. The third-order valence-electron chi connectivity index (χ3n) is 7.27. The molecule has 1 heterocycles. The molecule has 0 saturated heterocycles. The lowest BCUT2D eigenvalue weighted by Crippen LogP contribution is -2.63. The summed E-state index contributed by atoms with van der Waals surface area (Å²) in [6.45, 7) is 0. The second-order valence-corrected chi connectivity index (χ2v) is 9.51. The molecule has 3 atom stereocenters. The number of halogens is 1. The summed E-state index contributed by atoms with van der Waals surface area (Å²) in [6, 6.07) is 6.14. The number of hydrogen-bond acceptors (Lipinski definition) is 5. The molecule has 0 amide bonds. The maximum atomic E-state index is 13.3. The number of carbonyl (C=O) groups is 2. The van der Waals surface area contributed by atoms with Crippen LogP contribution in [0.4, 0.5) is 11.4 Å². The Hall–Kier alpha value is -2.87. The highest BCUT2D eigenvalue weighted by atomic mass is 35.5. The summed E-state index contributed by atoms with van der Waals surface area (Å²) in [5, 5.41) is 26.4. The van der Waals surface area contributed by atoms with Crippen molar-refractivity contribution in [1.82, 2.24) is 9.78 Å². The predicted molar refractivity (Wildman–Crippen MR) is 113 cm³/mol. The Morgan fingerprint density at radius 1 is 1.16 bits per heavy atom. The number of anilines is 2. The van der Waals surface area contributed by atoms with Gasteiger partial charge in [0.25, 0.3) is 5.56 Å². The average Bonchev–Trinajstić information content (AvgIpc) is 2.70. The van der Waals surface area contributed by atoms with Crippen LogP contribution in [0.25, 0.3) is 0 Å². The molecule has 9 heteroatoms. The molecule has 162 valence electrons. The lowest BCUT2D eigenvalue weighted by Gasteiger charge is -2.59. The minimum atomic E-state index is -1.06. The molecule has 8 nitrogen and oxygen atoms in total. The molecule has 3 unspecified atom stereocenters. The predicted octanol–water partition coefficient (Wildman–Crippen LogP) is 3.57. The monoisotopic (exact) mass is 443 g/mol. The van der Waals surface area contributed by atoms with Crippen molar-refractivity contribution in [1.29, 1.82) is 0 Å². The molecule has 31 heavy (non-hydrogen) atoms. The zero-order valence-electron chi connectivity index (χ0n) is 16.6. The number of carboxylic acids is 2. The van der Waals surface area contributed by atoms with E-state index in [0.717, 1.165) is 19.3 Å². The molecule has 6 rings (SSSR count). The topological polar surface area (TPSA) is 122 Å². The number of benzene rings is 1. The Balaban J connectivity index is 1.54. The van der Waals surface area contributed by atoms with E-state index in [1.807, 2.05) is 0 Å². The Labute approximate surface area is 182 Å². The fraction of sp³-hybridized carbons (Fsp3) is 0.455. The summed E-state index contributed by atoms with van der Waals surface area (Å²) in [4.78, 5) is 36.7. The zero-order chi connectivity index (χ0) is 21.9. The number of aliphatic carboxylic acids is 1. The fourth-order valence-corrected chi connectivity index (χ4v) is 6.63. The second-order valence-electron chi connectivity index (χ2n) is 9.13. The maximum absolute atomic E-state index is 13.3. The van der Waals surface area contributed by atoms with Gasteiger partial charge in [-0.05, 0) is 68.1 Å². The number of nitrogens with one attached hydrogen (secondary N) is 1. The minimum absolute atomic E-state index is 0.0628. The van der Waals surface area contributed by atoms with Gasteiger partial charge in [-0.15, -0.1) is 0 Å². The highest BCUT2D eigenvalue weighted by molar-refractivity contribution is 6.33. The molecule has 1 aromatic carbocycles. The molecule has 0 aliphatic heterocycles. The van der Waals surface area contributed by atoms with Crippen molar-refractivity contribution in [2.24, 2.45) is 23.7 Å². The van der Waals surface area contributed by atoms with Crippen LogP contribution in [0.5, 0.6) is 0 Å². The molecule has 4 aliphatic rings. The first-order chi connectivity index (χ1) is 14.8. The Morgan fingerprint density at radius 3 is 2.52 bits per heavy atom. The molecule has 0 radical (unpaired) electrons. The highest BCUT2D eigenvalue weighted by Crippen LogP contribution is 2.61. The summed E-state index contributed by atoms with van der Waals surface area (Å²) in [7, 11) is 0. The molecule has 4 fully saturated rings. The van der Waals surface area contributed by atoms with Crippen LogP contribution in [-0.2, 0) is 10.3 Å². The van der Waals surface area contributed by atoms with Gasteiger partial charge in [-0.3, -0.25) is 9.59 Å². The van der Waals surface area contributed by atoms with Gasteiger partial charge >= 0.3 is 11.9 Å². The smallest absolute Gasteiger partial charge is 0.335 e. The van der Waals surface area contributed by atoms with E-state index >= 15 is 0 Å². The van der Waals surface area contributed by atoms with Gasteiger partial charge in [-0.2, -0.15) is 5.10 Å². The van der Waals surface area contributed by atoms with E-state index in [2.05, 4.69) is 10.4 Å². The summed E-state index contributed by atoms with van der Waals surface area (Å²) in [5.41, 5.74) is -0.557. The van der Waals surface area contributed by atoms with Crippen LogP contribution >= 0.6 is 11.6 Å². The maximum Gasteiger partial charge on any atom is 0.335 e.